The summed E-state index contributed by atoms with van der Waals surface area (Å²) in [5, 5.41) is 4.27. The Morgan fingerprint density at radius 1 is 1.52 bits per heavy atom. The first-order valence-corrected chi connectivity index (χ1v) is 8.53. The van der Waals surface area contributed by atoms with Crippen LogP contribution in [-0.2, 0) is 9.47 Å². The molecule has 1 N–H and O–H groups in total. The molecule has 1 aromatic heterocycles. The number of thiazole rings is 1. The maximum absolute atomic E-state index is 11.9. The second-order valence-corrected chi connectivity index (χ2v) is 6.18. The molecule has 6 heteroatoms. The number of carbonyl (C=O) groups excluding carboxylic acids is 1. The zero-order valence-electron chi connectivity index (χ0n) is 13.0. The Hall–Kier alpha value is -1.14. The fourth-order valence-corrected chi connectivity index (χ4v) is 3.52. The Kier molecular flexibility index (Phi) is 5.58. The number of esters is 1. The molecule has 21 heavy (non-hydrogen) atoms. The molecule has 1 atom stereocenters. The predicted octanol–water partition coefficient (Wildman–Crippen LogP) is 3.47. The van der Waals surface area contributed by atoms with E-state index in [1.165, 1.54) is 11.3 Å². The van der Waals surface area contributed by atoms with Gasteiger partial charge in [-0.2, -0.15) is 0 Å². The van der Waals surface area contributed by atoms with E-state index in [1.54, 1.807) is 12.4 Å². The number of nitrogens with zero attached hydrogens (tertiary/aromatic N) is 1. The summed E-state index contributed by atoms with van der Waals surface area (Å²) in [6.07, 6.45) is 3.92. The number of aromatic nitrogens is 1. The van der Waals surface area contributed by atoms with E-state index in [1.807, 2.05) is 0 Å². The van der Waals surface area contributed by atoms with Crippen molar-refractivity contribution in [2.45, 2.75) is 58.1 Å². The Labute approximate surface area is 130 Å². The fourth-order valence-electron chi connectivity index (χ4n) is 2.77. The molecule has 1 aliphatic rings. The maximum atomic E-state index is 11.9. The van der Waals surface area contributed by atoms with Crippen LogP contribution in [0.1, 0.15) is 56.9 Å². The van der Waals surface area contributed by atoms with E-state index in [2.05, 4.69) is 24.1 Å². The van der Waals surface area contributed by atoms with Crippen LogP contribution in [0.3, 0.4) is 0 Å². The molecule has 5 nitrogen and oxygen atoms in total. The van der Waals surface area contributed by atoms with Gasteiger partial charge in [0.05, 0.1) is 17.7 Å². The van der Waals surface area contributed by atoms with E-state index in [-0.39, 0.29) is 11.6 Å². The van der Waals surface area contributed by atoms with Crippen LogP contribution in [0.15, 0.2) is 5.51 Å². The van der Waals surface area contributed by atoms with Gasteiger partial charge in [-0.05, 0) is 32.6 Å². The minimum Gasteiger partial charge on any atom is -0.461 e. The second-order valence-electron chi connectivity index (χ2n) is 5.32. The highest BCUT2D eigenvalue weighted by atomic mass is 32.1. The third kappa shape index (κ3) is 3.74. The summed E-state index contributed by atoms with van der Waals surface area (Å²) in [7, 11) is 0. The van der Waals surface area contributed by atoms with Crippen molar-refractivity contribution in [3.63, 3.8) is 0 Å². The monoisotopic (exact) mass is 312 g/mol. The van der Waals surface area contributed by atoms with Crippen molar-refractivity contribution >= 4 is 22.3 Å². The number of anilines is 1. The van der Waals surface area contributed by atoms with Crippen LogP contribution < -0.4 is 5.32 Å². The van der Waals surface area contributed by atoms with Gasteiger partial charge >= 0.3 is 5.97 Å². The van der Waals surface area contributed by atoms with Gasteiger partial charge in [0, 0.05) is 12.6 Å². The van der Waals surface area contributed by atoms with Crippen molar-refractivity contribution in [3.05, 3.63) is 11.2 Å². The summed E-state index contributed by atoms with van der Waals surface area (Å²) < 4.78 is 11.0. The van der Waals surface area contributed by atoms with Crippen LogP contribution >= 0.6 is 11.3 Å². The quantitative estimate of drug-likeness (QED) is 0.815. The molecule has 0 bridgehead atoms. The number of hydrogen-bond donors (Lipinski definition) is 1. The van der Waals surface area contributed by atoms with Gasteiger partial charge in [0.2, 0.25) is 0 Å². The maximum Gasteiger partial charge on any atom is 0.360 e. The highest BCUT2D eigenvalue weighted by molar-refractivity contribution is 7.14. The SMILES string of the molecule is CCOC(=O)c1ncsc1NC1CCOC(CC)(CC)C1. The minimum absolute atomic E-state index is 0.0370. The van der Waals surface area contributed by atoms with Gasteiger partial charge < -0.3 is 14.8 Å². The van der Waals surface area contributed by atoms with Crippen molar-refractivity contribution in [2.24, 2.45) is 0 Å². The molecule has 0 aliphatic carbocycles. The van der Waals surface area contributed by atoms with Gasteiger partial charge in [0.1, 0.15) is 5.00 Å². The van der Waals surface area contributed by atoms with E-state index in [0.29, 0.717) is 18.3 Å². The molecular formula is C15H24N2O3S. The number of ether oxygens (including phenoxy) is 2. The number of hydrogen-bond acceptors (Lipinski definition) is 6. The van der Waals surface area contributed by atoms with Crippen LogP contribution in [0.25, 0.3) is 0 Å². The number of rotatable bonds is 6. The lowest BCUT2D eigenvalue weighted by Gasteiger charge is -2.40. The molecule has 1 aromatic rings. The number of carbonyl (C=O) groups is 1. The summed E-state index contributed by atoms with van der Waals surface area (Å²) in [4.78, 5) is 16.0. The zero-order valence-corrected chi connectivity index (χ0v) is 13.8. The molecule has 118 valence electrons. The van der Waals surface area contributed by atoms with E-state index < -0.39 is 0 Å². The fraction of sp³-hybridized carbons (Fsp3) is 0.733. The number of nitrogens with one attached hydrogen (secondary N) is 1. The van der Waals surface area contributed by atoms with Crippen molar-refractivity contribution in [3.8, 4) is 0 Å². The first-order valence-electron chi connectivity index (χ1n) is 7.65. The molecule has 0 spiro atoms. The largest absolute Gasteiger partial charge is 0.461 e. The summed E-state index contributed by atoms with van der Waals surface area (Å²) >= 11 is 1.45. The Morgan fingerprint density at radius 3 is 2.95 bits per heavy atom. The highest BCUT2D eigenvalue weighted by Crippen LogP contribution is 2.34. The molecular weight excluding hydrogens is 288 g/mol. The van der Waals surface area contributed by atoms with Gasteiger partial charge in [-0.15, -0.1) is 11.3 Å². The molecule has 0 saturated carbocycles. The lowest BCUT2D eigenvalue weighted by molar-refractivity contribution is -0.0864. The van der Waals surface area contributed by atoms with E-state index in [0.717, 1.165) is 37.3 Å². The predicted molar refractivity (Wildman–Crippen MR) is 84.0 cm³/mol. The third-order valence-corrected chi connectivity index (χ3v) is 4.91. The molecule has 0 amide bonds. The van der Waals surface area contributed by atoms with Crippen LogP contribution in [0.5, 0.6) is 0 Å². The molecule has 1 fully saturated rings. The van der Waals surface area contributed by atoms with E-state index in [4.69, 9.17) is 9.47 Å². The first-order chi connectivity index (χ1) is 10.1. The van der Waals surface area contributed by atoms with Gasteiger partial charge in [0.15, 0.2) is 5.69 Å². The molecule has 1 saturated heterocycles. The van der Waals surface area contributed by atoms with Crippen LogP contribution in [0.4, 0.5) is 5.00 Å². The van der Waals surface area contributed by atoms with Crippen molar-refractivity contribution < 1.29 is 14.3 Å². The van der Waals surface area contributed by atoms with Crippen LogP contribution in [0.2, 0.25) is 0 Å². The average molecular weight is 312 g/mol. The molecule has 1 aliphatic heterocycles. The molecule has 0 aromatic carbocycles. The average Bonchev–Trinajstić information content (AvgIpc) is 2.96. The van der Waals surface area contributed by atoms with Gasteiger partial charge in [-0.3, -0.25) is 0 Å². The Balaban J connectivity index is 2.05. The first kappa shape index (κ1) is 16.2. The molecule has 1 unspecified atom stereocenters. The van der Waals surface area contributed by atoms with Crippen molar-refractivity contribution in [2.75, 3.05) is 18.5 Å². The van der Waals surface area contributed by atoms with Crippen LogP contribution in [0, 0.1) is 0 Å². The van der Waals surface area contributed by atoms with Gasteiger partial charge in [-0.25, -0.2) is 9.78 Å². The Bertz CT molecular complexity index is 471. The zero-order chi connectivity index (χ0) is 15.3. The minimum atomic E-state index is -0.356. The smallest absolute Gasteiger partial charge is 0.360 e. The summed E-state index contributed by atoms with van der Waals surface area (Å²) in [6.45, 7) is 7.26. The lowest BCUT2D eigenvalue weighted by atomic mass is 9.86. The Morgan fingerprint density at radius 2 is 2.29 bits per heavy atom. The van der Waals surface area contributed by atoms with Gasteiger partial charge in [0.25, 0.3) is 0 Å². The summed E-state index contributed by atoms with van der Waals surface area (Å²) in [5.41, 5.74) is 2.04. The second kappa shape index (κ2) is 7.22. The summed E-state index contributed by atoms with van der Waals surface area (Å²) in [5.74, 6) is -0.356. The van der Waals surface area contributed by atoms with Crippen molar-refractivity contribution in [1.29, 1.82) is 0 Å². The van der Waals surface area contributed by atoms with E-state index in [9.17, 15) is 4.79 Å². The van der Waals surface area contributed by atoms with Gasteiger partial charge in [-0.1, -0.05) is 13.8 Å². The van der Waals surface area contributed by atoms with E-state index >= 15 is 0 Å². The highest BCUT2D eigenvalue weighted by Gasteiger charge is 2.35. The summed E-state index contributed by atoms with van der Waals surface area (Å²) in [6, 6.07) is 0.312. The van der Waals surface area contributed by atoms with Crippen molar-refractivity contribution in [1.82, 2.24) is 4.98 Å². The topological polar surface area (TPSA) is 60.5 Å². The molecule has 2 rings (SSSR count). The normalized spacial score (nSPS) is 21.0. The third-order valence-electron chi connectivity index (χ3n) is 4.15. The standard InChI is InChI=1S/C15H24N2O3S/c1-4-15(5-2)9-11(7-8-20-15)17-13-12(16-10-21-13)14(18)19-6-3/h10-11,17H,4-9H2,1-3H3. The van der Waals surface area contributed by atoms with Crippen LogP contribution in [-0.4, -0.2) is 35.8 Å². The molecule has 0 radical (unpaired) electrons. The lowest BCUT2D eigenvalue weighted by Crippen LogP contribution is -2.43. The molecule has 2 heterocycles.